The number of hydrogen-bond donors (Lipinski definition) is 0. The summed E-state index contributed by atoms with van der Waals surface area (Å²) in [5, 5.41) is 0. The second-order valence-electron chi connectivity index (χ2n) is 7.40. The summed E-state index contributed by atoms with van der Waals surface area (Å²) in [5.74, 6) is 0.0627. The van der Waals surface area contributed by atoms with Crippen LogP contribution in [0.4, 0.5) is 0 Å². The van der Waals surface area contributed by atoms with Gasteiger partial charge in [0.15, 0.2) is 0 Å². The van der Waals surface area contributed by atoms with E-state index in [9.17, 15) is 4.79 Å². The van der Waals surface area contributed by atoms with Crippen LogP contribution < -0.4 is 0 Å². The third-order valence-electron chi connectivity index (χ3n) is 5.49. The van der Waals surface area contributed by atoms with E-state index in [1.165, 1.54) is 12.0 Å². The van der Waals surface area contributed by atoms with E-state index in [0.717, 1.165) is 38.9 Å². The zero-order valence-corrected chi connectivity index (χ0v) is 16.8. The number of benzene rings is 1. The highest BCUT2D eigenvalue weighted by Crippen LogP contribution is 2.19. The molecular weight excluding hydrogens is 350 g/mol. The SMILES string of the molecule is COCCN(C(=O)c1cccnc1)C1CCN(CCCc2ccccc2)CC1. The number of likely N-dealkylation sites (tertiary alicyclic amines) is 1. The molecule has 1 aliphatic rings. The molecule has 2 aromatic rings. The Hall–Kier alpha value is -2.24. The number of pyridine rings is 1. The smallest absolute Gasteiger partial charge is 0.255 e. The van der Waals surface area contributed by atoms with E-state index >= 15 is 0 Å². The first kappa shape index (κ1) is 20.5. The molecule has 0 N–H and O–H groups in total. The summed E-state index contributed by atoms with van der Waals surface area (Å²) >= 11 is 0. The fraction of sp³-hybridized carbons (Fsp3) is 0.478. The minimum atomic E-state index is 0.0627. The van der Waals surface area contributed by atoms with Crippen LogP contribution in [0.2, 0.25) is 0 Å². The van der Waals surface area contributed by atoms with Crippen LogP contribution in [-0.4, -0.2) is 66.6 Å². The minimum Gasteiger partial charge on any atom is -0.383 e. The Morgan fingerprint density at radius 2 is 1.96 bits per heavy atom. The van der Waals surface area contributed by atoms with Crippen molar-refractivity contribution in [2.45, 2.75) is 31.7 Å². The number of aromatic nitrogens is 1. The molecule has 0 atom stereocenters. The lowest BCUT2D eigenvalue weighted by Crippen LogP contribution is -2.48. The van der Waals surface area contributed by atoms with Crippen LogP contribution in [0.5, 0.6) is 0 Å². The highest BCUT2D eigenvalue weighted by atomic mass is 16.5. The molecular formula is C23H31N3O2. The molecule has 0 saturated carbocycles. The number of nitrogens with zero attached hydrogens (tertiary/aromatic N) is 3. The second-order valence-corrected chi connectivity index (χ2v) is 7.40. The van der Waals surface area contributed by atoms with Gasteiger partial charge in [-0.1, -0.05) is 30.3 Å². The molecule has 0 spiro atoms. The first-order valence-electron chi connectivity index (χ1n) is 10.2. The maximum absolute atomic E-state index is 13.0. The Morgan fingerprint density at radius 1 is 1.18 bits per heavy atom. The number of methoxy groups -OCH3 is 1. The molecule has 150 valence electrons. The standard InChI is InChI=1S/C23H31N3O2/c1-28-18-17-26(23(27)21-10-5-13-24-19-21)22-11-15-25(16-12-22)14-6-9-20-7-3-2-4-8-20/h2-5,7-8,10,13,19,22H,6,9,11-12,14-18H2,1H3. The van der Waals surface area contributed by atoms with Gasteiger partial charge in [0.25, 0.3) is 5.91 Å². The van der Waals surface area contributed by atoms with Crippen molar-refractivity contribution in [3.63, 3.8) is 0 Å². The number of carbonyl (C=O) groups excluding carboxylic acids is 1. The molecule has 5 heteroatoms. The second kappa shape index (κ2) is 10.9. The first-order chi connectivity index (χ1) is 13.8. The lowest BCUT2D eigenvalue weighted by atomic mass is 10.0. The van der Waals surface area contributed by atoms with E-state index in [2.05, 4.69) is 40.2 Å². The molecule has 0 bridgehead atoms. The average Bonchev–Trinajstić information content (AvgIpc) is 2.76. The number of rotatable bonds is 9. The third kappa shape index (κ3) is 5.88. The molecule has 1 aliphatic heterocycles. The van der Waals surface area contributed by atoms with Gasteiger partial charge in [0.1, 0.15) is 0 Å². The molecule has 1 aromatic heterocycles. The molecule has 0 aliphatic carbocycles. The Kier molecular flexibility index (Phi) is 8.00. The molecule has 1 saturated heterocycles. The molecule has 3 rings (SSSR count). The zero-order chi connectivity index (χ0) is 19.6. The quantitative estimate of drug-likeness (QED) is 0.669. The lowest BCUT2D eigenvalue weighted by molar-refractivity contribution is 0.0484. The van der Waals surface area contributed by atoms with Gasteiger partial charge in [-0.2, -0.15) is 0 Å². The number of piperidine rings is 1. The maximum Gasteiger partial charge on any atom is 0.255 e. The van der Waals surface area contributed by atoms with Crippen molar-refractivity contribution in [2.75, 3.05) is 39.9 Å². The topological polar surface area (TPSA) is 45.7 Å². The molecule has 28 heavy (non-hydrogen) atoms. The average molecular weight is 382 g/mol. The summed E-state index contributed by atoms with van der Waals surface area (Å²) in [6.45, 7) is 4.40. The molecule has 2 heterocycles. The van der Waals surface area contributed by atoms with Gasteiger partial charge in [0.2, 0.25) is 0 Å². The maximum atomic E-state index is 13.0. The Bertz CT molecular complexity index is 700. The van der Waals surface area contributed by atoms with Gasteiger partial charge in [-0.3, -0.25) is 9.78 Å². The largest absolute Gasteiger partial charge is 0.383 e. The van der Waals surface area contributed by atoms with Gasteiger partial charge in [-0.25, -0.2) is 0 Å². The third-order valence-corrected chi connectivity index (χ3v) is 5.49. The van der Waals surface area contributed by atoms with Crippen LogP contribution in [-0.2, 0) is 11.2 Å². The van der Waals surface area contributed by atoms with Crippen molar-refractivity contribution in [1.82, 2.24) is 14.8 Å². The van der Waals surface area contributed by atoms with Gasteiger partial charge in [-0.15, -0.1) is 0 Å². The number of ether oxygens (including phenoxy) is 1. The molecule has 0 radical (unpaired) electrons. The molecule has 1 fully saturated rings. The van der Waals surface area contributed by atoms with Gasteiger partial charge in [-0.05, 0) is 49.9 Å². The predicted molar refractivity (Wildman–Crippen MR) is 111 cm³/mol. The Labute approximate surface area is 168 Å². The van der Waals surface area contributed by atoms with Crippen molar-refractivity contribution in [2.24, 2.45) is 0 Å². The van der Waals surface area contributed by atoms with Gasteiger partial charge in [0, 0.05) is 45.2 Å². The van der Waals surface area contributed by atoms with Crippen molar-refractivity contribution in [3.05, 3.63) is 66.0 Å². The summed E-state index contributed by atoms with van der Waals surface area (Å²) in [7, 11) is 1.68. The predicted octanol–water partition coefficient (Wildman–Crippen LogP) is 3.27. The lowest BCUT2D eigenvalue weighted by Gasteiger charge is -2.38. The summed E-state index contributed by atoms with van der Waals surface area (Å²) < 4.78 is 5.25. The van der Waals surface area contributed by atoms with Crippen molar-refractivity contribution >= 4 is 5.91 Å². The monoisotopic (exact) mass is 381 g/mol. The molecule has 5 nitrogen and oxygen atoms in total. The summed E-state index contributed by atoms with van der Waals surface area (Å²) in [5.41, 5.74) is 2.06. The normalized spacial score (nSPS) is 15.5. The van der Waals surface area contributed by atoms with Crippen LogP contribution >= 0.6 is 0 Å². The number of carbonyl (C=O) groups is 1. The molecule has 1 amide bonds. The summed E-state index contributed by atoms with van der Waals surface area (Å²) in [6.07, 6.45) is 7.68. The van der Waals surface area contributed by atoms with Crippen LogP contribution in [0.25, 0.3) is 0 Å². The minimum absolute atomic E-state index is 0.0627. The van der Waals surface area contributed by atoms with E-state index < -0.39 is 0 Å². The zero-order valence-electron chi connectivity index (χ0n) is 16.8. The Balaban J connectivity index is 1.49. The number of amides is 1. The van der Waals surface area contributed by atoms with Crippen LogP contribution in [0.3, 0.4) is 0 Å². The highest BCUT2D eigenvalue weighted by molar-refractivity contribution is 5.94. The number of hydrogen-bond acceptors (Lipinski definition) is 4. The van der Waals surface area contributed by atoms with E-state index in [4.69, 9.17) is 4.74 Å². The van der Waals surface area contributed by atoms with Crippen LogP contribution in [0.15, 0.2) is 54.9 Å². The van der Waals surface area contributed by atoms with E-state index in [-0.39, 0.29) is 11.9 Å². The first-order valence-corrected chi connectivity index (χ1v) is 10.2. The van der Waals surface area contributed by atoms with Gasteiger partial charge < -0.3 is 14.5 Å². The van der Waals surface area contributed by atoms with Crippen LogP contribution in [0.1, 0.15) is 35.2 Å². The fourth-order valence-electron chi connectivity index (χ4n) is 3.90. The van der Waals surface area contributed by atoms with Crippen molar-refractivity contribution in [1.29, 1.82) is 0 Å². The van der Waals surface area contributed by atoms with E-state index in [0.29, 0.717) is 18.7 Å². The van der Waals surface area contributed by atoms with E-state index in [1.807, 2.05) is 17.0 Å². The summed E-state index contributed by atoms with van der Waals surface area (Å²) in [4.78, 5) is 21.6. The van der Waals surface area contributed by atoms with Gasteiger partial charge in [0.05, 0.1) is 12.2 Å². The van der Waals surface area contributed by atoms with Gasteiger partial charge >= 0.3 is 0 Å². The van der Waals surface area contributed by atoms with Crippen molar-refractivity contribution in [3.8, 4) is 0 Å². The summed E-state index contributed by atoms with van der Waals surface area (Å²) in [6, 6.07) is 14.6. The number of aryl methyl sites for hydroxylation is 1. The molecule has 0 unspecified atom stereocenters. The molecule has 1 aromatic carbocycles. The van der Waals surface area contributed by atoms with Crippen LogP contribution in [0, 0.1) is 0 Å². The van der Waals surface area contributed by atoms with E-state index in [1.54, 1.807) is 19.5 Å². The van der Waals surface area contributed by atoms with Crippen molar-refractivity contribution < 1.29 is 9.53 Å². The Morgan fingerprint density at radius 3 is 2.64 bits per heavy atom. The fourth-order valence-corrected chi connectivity index (χ4v) is 3.90. The highest BCUT2D eigenvalue weighted by Gasteiger charge is 2.28.